The molecule has 0 N–H and O–H groups in total. The summed E-state index contributed by atoms with van der Waals surface area (Å²) in [4.78, 5) is 0.867. The Hall–Kier alpha value is -1.03. The second-order valence-electron chi connectivity index (χ2n) is 3.07. The van der Waals surface area contributed by atoms with Crippen molar-refractivity contribution in [2.75, 3.05) is 0 Å². The molecule has 2 aromatic rings. The smallest absolute Gasteiger partial charge is 0.236 e. The van der Waals surface area contributed by atoms with E-state index in [9.17, 15) is 5.21 Å². The monoisotopic (exact) mass is 271 g/mol. The molecule has 1 heterocycles. The summed E-state index contributed by atoms with van der Waals surface area (Å²) in [7, 11) is 0. The lowest BCUT2D eigenvalue weighted by Gasteiger charge is -2.04. The van der Waals surface area contributed by atoms with E-state index < -0.39 is 0 Å². The number of nitrogens with zero attached hydrogens (tertiary/aromatic N) is 1. The maximum Gasteiger partial charge on any atom is 0.236 e. The minimum Gasteiger partial charge on any atom is -0.618 e. The summed E-state index contributed by atoms with van der Waals surface area (Å²) in [5.41, 5.74) is 0.350. The van der Waals surface area contributed by atoms with Gasteiger partial charge >= 0.3 is 0 Å². The molecule has 1 aromatic carbocycles. The van der Waals surface area contributed by atoms with Gasteiger partial charge in [-0.2, -0.15) is 4.74 Å². The SMILES string of the molecule is [O-]/[N+](=C/c1cccs1)c1cc(Cl)ccc1Cl. The lowest BCUT2D eigenvalue weighted by molar-refractivity contribution is -0.354. The van der Waals surface area contributed by atoms with E-state index in [-0.39, 0.29) is 0 Å². The standard InChI is InChI=1S/C11H7Cl2NOS/c12-8-3-4-10(13)11(6-8)14(15)7-9-2-1-5-16-9/h1-7H/b14-7+. The number of hydrogen-bond donors (Lipinski definition) is 0. The van der Waals surface area contributed by atoms with Crippen molar-refractivity contribution in [3.05, 3.63) is 55.8 Å². The van der Waals surface area contributed by atoms with E-state index in [2.05, 4.69) is 0 Å². The average Bonchev–Trinajstić information content (AvgIpc) is 2.74. The zero-order valence-corrected chi connectivity index (χ0v) is 10.4. The molecule has 16 heavy (non-hydrogen) atoms. The molecule has 0 atom stereocenters. The topological polar surface area (TPSA) is 26.1 Å². The molecule has 0 saturated heterocycles. The predicted molar refractivity (Wildman–Crippen MR) is 69.2 cm³/mol. The highest BCUT2D eigenvalue weighted by atomic mass is 35.5. The molecule has 2 nitrogen and oxygen atoms in total. The van der Waals surface area contributed by atoms with Crippen LogP contribution in [-0.2, 0) is 0 Å². The molecule has 0 aliphatic rings. The van der Waals surface area contributed by atoms with E-state index in [0.717, 1.165) is 9.62 Å². The van der Waals surface area contributed by atoms with E-state index in [0.29, 0.717) is 15.7 Å². The van der Waals surface area contributed by atoms with E-state index in [4.69, 9.17) is 23.2 Å². The number of thiophene rings is 1. The molecule has 0 fully saturated rings. The third kappa shape index (κ3) is 2.55. The van der Waals surface area contributed by atoms with Gasteiger partial charge in [-0.25, -0.2) is 0 Å². The van der Waals surface area contributed by atoms with Crippen LogP contribution in [0.4, 0.5) is 5.69 Å². The van der Waals surface area contributed by atoms with Crippen molar-refractivity contribution in [2.24, 2.45) is 0 Å². The Bertz CT molecular complexity index is 523. The Kier molecular flexibility index (Phi) is 3.49. The van der Waals surface area contributed by atoms with Crippen molar-refractivity contribution in [3.8, 4) is 0 Å². The van der Waals surface area contributed by atoms with Crippen LogP contribution < -0.4 is 0 Å². The van der Waals surface area contributed by atoms with Gasteiger partial charge in [0.05, 0.1) is 4.88 Å². The Morgan fingerprint density at radius 2 is 2.06 bits per heavy atom. The summed E-state index contributed by atoms with van der Waals surface area (Å²) in [5, 5.41) is 14.6. The summed E-state index contributed by atoms with van der Waals surface area (Å²) >= 11 is 13.2. The Labute approximate surface area is 107 Å². The van der Waals surface area contributed by atoms with Crippen molar-refractivity contribution in [1.29, 1.82) is 0 Å². The Morgan fingerprint density at radius 1 is 1.25 bits per heavy atom. The van der Waals surface area contributed by atoms with Gasteiger partial charge in [0.15, 0.2) is 6.21 Å². The molecule has 0 aliphatic carbocycles. The first-order valence-electron chi connectivity index (χ1n) is 4.46. The maximum absolute atomic E-state index is 11.8. The molecule has 2 rings (SSSR count). The van der Waals surface area contributed by atoms with Gasteiger partial charge in [-0.3, -0.25) is 0 Å². The first kappa shape index (κ1) is 11.5. The van der Waals surface area contributed by atoms with Gasteiger partial charge in [0.2, 0.25) is 5.69 Å². The quantitative estimate of drug-likeness (QED) is 0.346. The van der Waals surface area contributed by atoms with Crippen LogP contribution in [0.25, 0.3) is 0 Å². The molecule has 0 spiro atoms. The fraction of sp³-hybridized carbons (Fsp3) is 0. The van der Waals surface area contributed by atoms with Crippen molar-refractivity contribution in [2.45, 2.75) is 0 Å². The normalized spacial score (nSPS) is 11.8. The summed E-state index contributed by atoms with van der Waals surface area (Å²) in [6.07, 6.45) is 1.47. The molecule has 0 radical (unpaired) electrons. The third-order valence-electron chi connectivity index (χ3n) is 1.93. The summed E-state index contributed by atoms with van der Waals surface area (Å²) < 4.78 is 0.722. The molecule has 0 unspecified atom stereocenters. The van der Waals surface area contributed by atoms with Crippen molar-refractivity contribution in [1.82, 2.24) is 0 Å². The van der Waals surface area contributed by atoms with Gasteiger partial charge in [-0.05, 0) is 23.6 Å². The minimum atomic E-state index is 0.350. The van der Waals surface area contributed by atoms with Crippen molar-refractivity contribution in [3.63, 3.8) is 0 Å². The van der Waals surface area contributed by atoms with E-state index in [1.54, 1.807) is 18.2 Å². The van der Waals surface area contributed by atoms with Crippen LogP contribution >= 0.6 is 34.5 Å². The fourth-order valence-corrected chi connectivity index (χ4v) is 2.20. The fourth-order valence-electron chi connectivity index (χ4n) is 1.20. The van der Waals surface area contributed by atoms with Crippen LogP contribution in [0.3, 0.4) is 0 Å². The first-order valence-corrected chi connectivity index (χ1v) is 6.10. The molecule has 0 amide bonds. The molecule has 0 saturated carbocycles. The van der Waals surface area contributed by atoms with Crippen molar-refractivity contribution < 1.29 is 4.74 Å². The van der Waals surface area contributed by atoms with Gasteiger partial charge in [0, 0.05) is 11.1 Å². The molecule has 82 valence electrons. The van der Waals surface area contributed by atoms with Crippen LogP contribution in [0.2, 0.25) is 10.0 Å². The van der Waals surface area contributed by atoms with Crippen molar-refractivity contribution >= 4 is 46.4 Å². The van der Waals surface area contributed by atoms with Crippen LogP contribution in [-0.4, -0.2) is 11.0 Å². The molecule has 5 heteroatoms. The zero-order chi connectivity index (χ0) is 11.5. The van der Waals surface area contributed by atoms with Crippen LogP contribution in [0.1, 0.15) is 4.88 Å². The highest BCUT2D eigenvalue weighted by molar-refractivity contribution is 7.11. The van der Waals surface area contributed by atoms with Crippen LogP contribution in [0, 0.1) is 5.21 Å². The lowest BCUT2D eigenvalue weighted by Crippen LogP contribution is -1.97. The maximum atomic E-state index is 11.8. The highest BCUT2D eigenvalue weighted by Crippen LogP contribution is 2.27. The Morgan fingerprint density at radius 3 is 2.75 bits per heavy atom. The molecule has 0 aliphatic heterocycles. The minimum absolute atomic E-state index is 0.350. The number of hydrogen-bond acceptors (Lipinski definition) is 2. The zero-order valence-electron chi connectivity index (χ0n) is 8.06. The van der Waals surface area contributed by atoms with E-state index in [1.807, 2.05) is 17.5 Å². The highest BCUT2D eigenvalue weighted by Gasteiger charge is 2.09. The van der Waals surface area contributed by atoms with Gasteiger partial charge in [0.25, 0.3) is 0 Å². The van der Waals surface area contributed by atoms with Gasteiger partial charge < -0.3 is 5.21 Å². The van der Waals surface area contributed by atoms with Gasteiger partial charge in [0.1, 0.15) is 5.02 Å². The van der Waals surface area contributed by atoms with Crippen LogP contribution in [0.15, 0.2) is 35.7 Å². The lowest BCUT2D eigenvalue weighted by atomic mass is 10.3. The van der Waals surface area contributed by atoms with Crippen LogP contribution in [0.5, 0.6) is 0 Å². The molecule has 1 aromatic heterocycles. The average molecular weight is 272 g/mol. The molecular weight excluding hydrogens is 265 g/mol. The second kappa shape index (κ2) is 4.87. The van der Waals surface area contributed by atoms with Gasteiger partial charge in [-0.15, -0.1) is 11.3 Å². The number of benzene rings is 1. The molecule has 0 bridgehead atoms. The van der Waals surface area contributed by atoms with E-state index in [1.165, 1.54) is 17.6 Å². The first-order chi connectivity index (χ1) is 7.66. The summed E-state index contributed by atoms with van der Waals surface area (Å²) in [6.45, 7) is 0. The number of halogens is 2. The predicted octanol–water partition coefficient (Wildman–Crippen LogP) is 4.32. The van der Waals surface area contributed by atoms with Gasteiger partial charge in [-0.1, -0.05) is 29.3 Å². The largest absolute Gasteiger partial charge is 0.618 e. The summed E-state index contributed by atoms with van der Waals surface area (Å²) in [5.74, 6) is 0. The summed E-state index contributed by atoms with van der Waals surface area (Å²) in [6, 6.07) is 8.53. The third-order valence-corrected chi connectivity index (χ3v) is 3.29. The van der Waals surface area contributed by atoms with E-state index >= 15 is 0 Å². The number of rotatable bonds is 2. The molecular formula is C11H7Cl2NOS. The Balaban J connectivity index is 2.40. The second-order valence-corrected chi connectivity index (χ2v) is 4.89.